The molecule has 2 unspecified atom stereocenters. The number of nitrogens with two attached hydrogens (primary N) is 1. The molecule has 0 saturated heterocycles. The second-order valence-electron chi connectivity index (χ2n) is 5.28. The molecule has 0 aromatic carbocycles. The number of H-pyrrole nitrogens is 1. The Kier molecular flexibility index (Phi) is 4.39. The van der Waals surface area contributed by atoms with Crippen molar-refractivity contribution in [3.05, 3.63) is 27.9 Å². The molecule has 0 bridgehead atoms. The van der Waals surface area contributed by atoms with E-state index >= 15 is 0 Å². The second kappa shape index (κ2) is 6.04. The van der Waals surface area contributed by atoms with Crippen molar-refractivity contribution < 1.29 is 9.72 Å². The lowest BCUT2D eigenvalue weighted by Gasteiger charge is -2.37. The summed E-state index contributed by atoms with van der Waals surface area (Å²) >= 11 is 0. The van der Waals surface area contributed by atoms with Gasteiger partial charge in [-0.15, -0.1) is 0 Å². The maximum absolute atomic E-state index is 12.4. The van der Waals surface area contributed by atoms with E-state index in [0.29, 0.717) is 12.5 Å². The van der Waals surface area contributed by atoms with Crippen LogP contribution in [0.1, 0.15) is 36.2 Å². The largest absolute Gasteiger partial charge is 0.358 e. The van der Waals surface area contributed by atoms with E-state index in [4.69, 9.17) is 5.73 Å². The summed E-state index contributed by atoms with van der Waals surface area (Å²) in [4.78, 5) is 26.7. The fraction of sp³-hybridized carbons (Fsp3) is 0.615. The summed E-state index contributed by atoms with van der Waals surface area (Å²) in [6.07, 6.45) is 4.20. The molecule has 1 aromatic heterocycles. The highest BCUT2D eigenvalue weighted by Gasteiger charge is 2.31. The van der Waals surface area contributed by atoms with Gasteiger partial charge in [0.25, 0.3) is 5.91 Å². The Morgan fingerprint density at radius 3 is 2.80 bits per heavy atom. The van der Waals surface area contributed by atoms with Crippen molar-refractivity contribution in [2.45, 2.75) is 31.7 Å². The van der Waals surface area contributed by atoms with Crippen LogP contribution in [0.2, 0.25) is 0 Å². The normalized spacial score (nSPS) is 22.5. The molecule has 0 radical (unpaired) electrons. The van der Waals surface area contributed by atoms with E-state index in [1.54, 1.807) is 11.9 Å². The molecule has 7 nitrogen and oxygen atoms in total. The van der Waals surface area contributed by atoms with Crippen LogP contribution in [0.3, 0.4) is 0 Å². The zero-order valence-corrected chi connectivity index (χ0v) is 11.5. The molecule has 7 heteroatoms. The molecule has 1 fully saturated rings. The fourth-order valence-corrected chi connectivity index (χ4v) is 2.93. The summed E-state index contributed by atoms with van der Waals surface area (Å²) in [5.41, 5.74) is 6.03. The lowest BCUT2D eigenvalue weighted by Crippen LogP contribution is -2.46. The van der Waals surface area contributed by atoms with Crippen molar-refractivity contribution in [3.8, 4) is 0 Å². The van der Waals surface area contributed by atoms with Gasteiger partial charge in [-0.1, -0.05) is 12.8 Å². The van der Waals surface area contributed by atoms with Crippen LogP contribution in [0.15, 0.2) is 12.1 Å². The number of hydrogen-bond donors (Lipinski definition) is 2. The highest BCUT2D eigenvalue weighted by Crippen LogP contribution is 2.28. The van der Waals surface area contributed by atoms with E-state index in [1.165, 1.54) is 12.1 Å². The zero-order valence-electron chi connectivity index (χ0n) is 11.5. The van der Waals surface area contributed by atoms with Crippen LogP contribution >= 0.6 is 0 Å². The predicted octanol–water partition coefficient (Wildman–Crippen LogP) is 1.51. The molecule has 3 N–H and O–H groups in total. The Bertz CT molecular complexity index is 500. The van der Waals surface area contributed by atoms with E-state index in [9.17, 15) is 14.9 Å². The van der Waals surface area contributed by atoms with Crippen molar-refractivity contribution in [2.75, 3.05) is 13.6 Å². The molecule has 20 heavy (non-hydrogen) atoms. The van der Waals surface area contributed by atoms with Crippen molar-refractivity contribution in [1.29, 1.82) is 0 Å². The average molecular weight is 280 g/mol. The van der Waals surface area contributed by atoms with Gasteiger partial charge in [0.1, 0.15) is 0 Å². The van der Waals surface area contributed by atoms with E-state index < -0.39 is 4.92 Å². The number of nitro groups is 1. The van der Waals surface area contributed by atoms with Gasteiger partial charge in [0.15, 0.2) is 5.69 Å². The molecular weight excluding hydrogens is 260 g/mol. The molecule has 1 amide bonds. The topological polar surface area (TPSA) is 105 Å². The van der Waals surface area contributed by atoms with Gasteiger partial charge in [0, 0.05) is 19.2 Å². The van der Waals surface area contributed by atoms with Crippen LogP contribution in [0.25, 0.3) is 0 Å². The SMILES string of the molecule is CN(C(=O)c1ccc([N+](=O)[O-])[nH]1)C1CCCCC1CN. The summed E-state index contributed by atoms with van der Waals surface area (Å²) in [6, 6.07) is 2.88. The maximum Gasteiger partial charge on any atom is 0.321 e. The number of amides is 1. The molecule has 1 aromatic rings. The predicted molar refractivity (Wildman–Crippen MR) is 74.3 cm³/mol. The smallest absolute Gasteiger partial charge is 0.321 e. The maximum atomic E-state index is 12.4. The third kappa shape index (κ3) is 2.82. The van der Waals surface area contributed by atoms with Crippen LogP contribution in [-0.2, 0) is 0 Å². The van der Waals surface area contributed by atoms with Crippen molar-refractivity contribution in [3.63, 3.8) is 0 Å². The number of nitrogens with zero attached hydrogens (tertiary/aromatic N) is 2. The van der Waals surface area contributed by atoms with Gasteiger partial charge >= 0.3 is 5.82 Å². The first-order valence-electron chi connectivity index (χ1n) is 6.85. The van der Waals surface area contributed by atoms with Gasteiger partial charge < -0.3 is 20.7 Å². The average Bonchev–Trinajstić information content (AvgIpc) is 2.95. The Hall–Kier alpha value is -1.89. The van der Waals surface area contributed by atoms with E-state index in [-0.39, 0.29) is 23.5 Å². The summed E-state index contributed by atoms with van der Waals surface area (Å²) in [5.74, 6) is -0.0770. The molecule has 1 heterocycles. The van der Waals surface area contributed by atoms with Crippen LogP contribution in [0.5, 0.6) is 0 Å². The summed E-state index contributed by atoms with van der Waals surface area (Å²) in [5, 5.41) is 10.6. The number of aromatic amines is 1. The molecule has 0 aliphatic heterocycles. The molecular formula is C13H20N4O3. The van der Waals surface area contributed by atoms with Crippen LogP contribution < -0.4 is 5.73 Å². The second-order valence-corrected chi connectivity index (χ2v) is 5.28. The van der Waals surface area contributed by atoms with Gasteiger partial charge in [-0.2, -0.15) is 0 Å². The van der Waals surface area contributed by atoms with Gasteiger partial charge in [-0.25, -0.2) is 4.98 Å². The van der Waals surface area contributed by atoms with Crippen molar-refractivity contribution in [2.24, 2.45) is 11.7 Å². The third-order valence-corrected chi connectivity index (χ3v) is 4.09. The number of carbonyl (C=O) groups is 1. The first kappa shape index (κ1) is 14.5. The standard InChI is InChI=1S/C13H20N4O3/c1-16(11-5-3-2-4-9(11)8-14)13(18)10-6-7-12(15-10)17(19)20/h6-7,9,11,15H,2-5,8,14H2,1H3. The Morgan fingerprint density at radius 2 is 2.20 bits per heavy atom. The van der Waals surface area contributed by atoms with Crippen molar-refractivity contribution in [1.82, 2.24) is 9.88 Å². The molecule has 1 aliphatic carbocycles. The monoisotopic (exact) mass is 280 g/mol. The number of nitrogens with one attached hydrogen (secondary N) is 1. The highest BCUT2D eigenvalue weighted by molar-refractivity contribution is 5.93. The van der Waals surface area contributed by atoms with Crippen LogP contribution in [0.4, 0.5) is 5.82 Å². The van der Waals surface area contributed by atoms with Gasteiger partial charge in [0.05, 0.1) is 0 Å². The summed E-state index contributed by atoms with van der Waals surface area (Å²) < 4.78 is 0. The van der Waals surface area contributed by atoms with Crippen LogP contribution in [0, 0.1) is 16.0 Å². The van der Waals surface area contributed by atoms with Gasteiger partial charge in [0.2, 0.25) is 0 Å². The number of hydrogen-bond acceptors (Lipinski definition) is 4. The molecule has 110 valence electrons. The lowest BCUT2D eigenvalue weighted by molar-refractivity contribution is -0.389. The third-order valence-electron chi connectivity index (χ3n) is 4.09. The summed E-state index contributed by atoms with van der Waals surface area (Å²) in [7, 11) is 1.74. The minimum absolute atomic E-state index is 0.114. The molecule has 2 atom stereocenters. The van der Waals surface area contributed by atoms with Gasteiger partial charge in [-0.3, -0.25) is 4.79 Å². The Labute approximate surface area is 117 Å². The molecule has 0 spiro atoms. The first-order valence-corrected chi connectivity index (χ1v) is 6.85. The van der Waals surface area contributed by atoms with E-state index in [2.05, 4.69) is 4.98 Å². The zero-order chi connectivity index (χ0) is 14.7. The number of rotatable bonds is 4. The Balaban J connectivity index is 2.12. The van der Waals surface area contributed by atoms with Crippen molar-refractivity contribution >= 4 is 11.7 Å². The minimum Gasteiger partial charge on any atom is -0.358 e. The lowest BCUT2D eigenvalue weighted by atomic mass is 9.83. The number of carbonyl (C=O) groups excluding carboxylic acids is 1. The molecule has 1 aliphatic rings. The molecule has 1 saturated carbocycles. The fourth-order valence-electron chi connectivity index (χ4n) is 2.93. The highest BCUT2D eigenvalue weighted by atomic mass is 16.6. The first-order chi connectivity index (χ1) is 9.54. The number of aromatic nitrogens is 1. The Morgan fingerprint density at radius 1 is 1.50 bits per heavy atom. The van der Waals surface area contributed by atoms with E-state index in [0.717, 1.165) is 25.7 Å². The molecule has 2 rings (SSSR count). The quantitative estimate of drug-likeness (QED) is 0.644. The van der Waals surface area contributed by atoms with Gasteiger partial charge in [-0.05, 0) is 36.3 Å². The van der Waals surface area contributed by atoms with E-state index in [1.807, 2.05) is 0 Å². The van der Waals surface area contributed by atoms with Crippen LogP contribution in [-0.4, -0.2) is 40.3 Å². The minimum atomic E-state index is -0.542. The summed E-state index contributed by atoms with van der Waals surface area (Å²) in [6.45, 7) is 0.563.